The topological polar surface area (TPSA) is 69.7 Å². The van der Waals surface area contributed by atoms with Gasteiger partial charge in [0.25, 0.3) is 17.7 Å². The van der Waals surface area contributed by atoms with Gasteiger partial charge in [-0.1, -0.05) is 30.3 Å². The van der Waals surface area contributed by atoms with E-state index in [2.05, 4.69) is 5.32 Å². The summed E-state index contributed by atoms with van der Waals surface area (Å²) < 4.78 is 0. The van der Waals surface area contributed by atoms with E-state index >= 15 is 0 Å². The van der Waals surface area contributed by atoms with E-state index < -0.39 is 0 Å². The van der Waals surface area contributed by atoms with Crippen LogP contribution in [0.4, 0.5) is 0 Å². The lowest BCUT2D eigenvalue weighted by molar-refractivity contribution is 0.0639. The number of piperazine rings is 1. The Hall–Kier alpha value is -2.99. The molecule has 2 aliphatic rings. The fraction of sp³-hybridized carbons (Fsp3) is 0.286. The van der Waals surface area contributed by atoms with Crippen LogP contribution in [0, 0.1) is 0 Å². The summed E-state index contributed by atoms with van der Waals surface area (Å²) in [6, 6.07) is 14.3. The maximum Gasteiger partial charge on any atom is 0.261 e. The monoisotopic (exact) mass is 363 g/mol. The van der Waals surface area contributed by atoms with Gasteiger partial charge in [-0.2, -0.15) is 0 Å². The molecule has 6 heteroatoms. The van der Waals surface area contributed by atoms with Gasteiger partial charge in [-0.15, -0.1) is 0 Å². The molecule has 0 unspecified atom stereocenters. The molecule has 0 saturated carbocycles. The maximum atomic E-state index is 12.9. The van der Waals surface area contributed by atoms with Gasteiger partial charge >= 0.3 is 0 Å². The number of nitrogens with zero attached hydrogens (tertiary/aromatic N) is 2. The lowest BCUT2D eigenvalue weighted by Gasteiger charge is -2.34. The molecule has 1 saturated heterocycles. The Morgan fingerprint density at radius 3 is 2.56 bits per heavy atom. The van der Waals surface area contributed by atoms with Gasteiger partial charge < -0.3 is 10.2 Å². The Labute approximate surface area is 157 Å². The van der Waals surface area contributed by atoms with Crippen molar-refractivity contribution in [1.29, 1.82) is 0 Å². The van der Waals surface area contributed by atoms with E-state index in [0.717, 1.165) is 18.7 Å². The number of imide groups is 1. The second kappa shape index (κ2) is 6.96. The molecule has 2 aromatic carbocycles. The molecule has 2 aliphatic heterocycles. The van der Waals surface area contributed by atoms with E-state index in [9.17, 15) is 14.4 Å². The Balaban J connectivity index is 1.59. The van der Waals surface area contributed by atoms with Crippen molar-refractivity contribution in [3.05, 3.63) is 70.8 Å². The van der Waals surface area contributed by atoms with Crippen molar-refractivity contribution in [3.63, 3.8) is 0 Å². The van der Waals surface area contributed by atoms with E-state index in [1.807, 2.05) is 37.3 Å². The molecule has 0 spiro atoms. The summed E-state index contributed by atoms with van der Waals surface area (Å²) in [5, 5.41) is 3.25. The Bertz CT molecular complexity index is 910. The number of hydrogen-bond donors (Lipinski definition) is 1. The van der Waals surface area contributed by atoms with Gasteiger partial charge in [0.15, 0.2) is 0 Å². The van der Waals surface area contributed by atoms with Crippen molar-refractivity contribution in [2.75, 3.05) is 19.6 Å². The van der Waals surface area contributed by atoms with Gasteiger partial charge in [0.05, 0.1) is 17.7 Å². The first-order chi connectivity index (χ1) is 13.1. The summed E-state index contributed by atoms with van der Waals surface area (Å²) in [6.07, 6.45) is 0. The largest absolute Gasteiger partial charge is 0.333 e. The Kier molecular flexibility index (Phi) is 4.49. The molecule has 0 bridgehead atoms. The van der Waals surface area contributed by atoms with Gasteiger partial charge in [-0.05, 0) is 30.7 Å². The normalized spacial score (nSPS) is 19.4. The minimum absolute atomic E-state index is 0.0893. The molecule has 4 rings (SSSR count). The molecular weight excluding hydrogens is 342 g/mol. The second-order valence-corrected chi connectivity index (χ2v) is 6.99. The van der Waals surface area contributed by atoms with E-state index in [1.165, 1.54) is 4.90 Å². The maximum absolute atomic E-state index is 12.9. The van der Waals surface area contributed by atoms with Crippen LogP contribution in [0.5, 0.6) is 0 Å². The van der Waals surface area contributed by atoms with Crippen molar-refractivity contribution < 1.29 is 14.4 Å². The predicted molar refractivity (Wildman–Crippen MR) is 100 cm³/mol. The fourth-order valence-electron chi connectivity index (χ4n) is 3.64. The smallest absolute Gasteiger partial charge is 0.261 e. The van der Waals surface area contributed by atoms with Crippen molar-refractivity contribution in [2.45, 2.75) is 19.5 Å². The molecule has 1 atom stereocenters. The van der Waals surface area contributed by atoms with Crippen LogP contribution in [-0.4, -0.2) is 53.2 Å². The zero-order chi connectivity index (χ0) is 19.0. The van der Waals surface area contributed by atoms with Crippen LogP contribution in [0.1, 0.15) is 43.6 Å². The van der Waals surface area contributed by atoms with Gasteiger partial charge in [-0.3, -0.25) is 19.3 Å². The highest BCUT2D eigenvalue weighted by molar-refractivity contribution is 6.22. The average molecular weight is 363 g/mol. The van der Waals surface area contributed by atoms with Crippen molar-refractivity contribution in [1.82, 2.24) is 15.1 Å². The zero-order valence-electron chi connectivity index (χ0n) is 15.1. The van der Waals surface area contributed by atoms with Crippen LogP contribution in [0.2, 0.25) is 0 Å². The lowest BCUT2D eigenvalue weighted by Crippen LogP contribution is -2.52. The van der Waals surface area contributed by atoms with Gasteiger partial charge in [-0.25, -0.2) is 0 Å². The summed E-state index contributed by atoms with van der Waals surface area (Å²) in [5.74, 6) is -0.760. The van der Waals surface area contributed by atoms with Crippen LogP contribution in [0.3, 0.4) is 0 Å². The molecule has 138 valence electrons. The van der Waals surface area contributed by atoms with Crippen molar-refractivity contribution >= 4 is 17.7 Å². The standard InChI is InChI=1S/C21H21N3O3/c1-14-12-22-9-10-23(14)19(25)16-7-8-17-18(11-16)21(27)24(20(17)26)13-15-5-3-2-4-6-15/h2-8,11,14,22H,9-10,12-13H2,1H3/t14-/m1/s1. The van der Waals surface area contributed by atoms with Gasteiger partial charge in [0.2, 0.25) is 0 Å². The first-order valence-corrected chi connectivity index (χ1v) is 9.12. The van der Waals surface area contributed by atoms with E-state index in [-0.39, 0.29) is 30.3 Å². The zero-order valence-corrected chi connectivity index (χ0v) is 15.1. The average Bonchev–Trinajstić information content (AvgIpc) is 2.93. The molecule has 6 nitrogen and oxygen atoms in total. The molecule has 2 heterocycles. The lowest BCUT2D eigenvalue weighted by atomic mass is 10.0. The number of amides is 3. The number of fused-ring (bicyclic) bond motifs is 1. The minimum Gasteiger partial charge on any atom is -0.333 e. The number of carbonyl (C=O) groups is 3. The van der Waals surface area contributed by atoms with Crippen LogP contribution in [-0.2, 0) is 6.54 Å². The van der Waals surface area contributed by atoms with Crippen LogP contribution >= 0.6 is 0 Å². The molecule has 27 heavy (non-hydrogen) atoms. The molecule has 0 radical (unpaired) electrons. The summed E-state index contributed by atoms with van der Waals surface area (Å²) in [4.78, 5) is 41.3. The third-order valence-electron chi connectivity index (χ3n) is 5.16. The molecule has 0 aliphatic carbocycles. The molecule has 2 aromatic rings. The Morgan fingerprint density at radius 1 is 1.07 bits per heavy atom. The van der Waals surface area contributed by atoms with Gasteiger partial charge in [0, 0.05) is 31.2 Å². The van der Waals surface area contributed by atoms with E-state index in [1.54, 1.807) is 23.1 Å². The fourth-order valence-corrected chi connectivity index (χ4v) is 3.64. The van der Waals surface area contributed by atoms with E-state index in [4.69, 9.17) is 0 Å². The third kappa shape index (κ3) is 3.13. The first kappa shape index (κ1) is 17.4. The molecule has 1 N–H and O–H groups in total. The quantitative estimate of drug-likeness (QED) is 0.846. The summed E-state index contributed by atoms with van der Waals surface area (Å²) in [6.45, 7) is 4.35. The summed E-state index contributed by atoms with van der Waals surface area (Å²) >= 11 is 0. The third-order valence-corrected chi connectivity index (χ3v) is 5.16. The Morgan fingerprint density at radius 2 is 1.81 bits per heavy atom. The summed E-state index contributed by atoms with van der Waals surface area (Å²) in [5.41, 5.74) is 2.01. The first-order valence-electron chi connectivity index (χ1n) is 9.12. The number of nitrogens with one attached hydrogen (secondary N) is 1. The number of rotatable bonds is 3. The molecule has 3 amide bonds. The second-order valence-electron chi connectivity index (χ2n) is 6.99. The molecular formula is C21H21N3O3. The SMILES string of the molecule is C[C@@H]1CNCCN1C(=O)c1ccc2c(c1)C(=O)N(Cc1ccccc1)C2=O. The predicted octanol–water partition coefficient (Wildman–Crippen LogP) is 1.92. The van der Waals surface area contributed by atoms with Crippen molar-refractivity contribution in [2.24, 2.45) is 0 Å². The minimum atomic E-state index is -0.345. The van der Waals surface area contributed by atoms with Crippen molar-refractivity contribution in [3.8, 4) is 0 Å². The molecule has 1 fully saturated rings. The highest BCUT2D eigenvalue weighted by atomic mass is 16.2. The number of benzene rings is 2. The number of hydrogen-bond acceptors (Lipinski definition) is 4. The number of carbonyl (C=O) groups excluding carboxylic acids is 3. The highest BCUT2D eigenvalue weighted by Gasteiger charge is 2.36. The van der Waals surface area contributed by atoms with Crippen LogP contribution < -0.4 is 5.32 Å². The highest BCUT2D eigenvalue weighted by Crippen LogP contribution is 2.26. The summed E-state index contributed by atoms with van der Waals surface area (Å²) in [7, 11) is 0. The van der Waals surface area contributed by atoms with Crippen LogP contribution in [0.25, 0.3) is 0 Å². The van der Waals surface area contributed by atoms with E-state index in [0.29, 0.717) is 23.2 Å². The van der Waals surface area contributed by atoms with Crippen LogP contribution in [0.15, 0.2) is 48.5 Å². The molecule has 0 aromatic heterocycles. The van der Waals surface area contributed by atoms with Gasteiger partial charge in [0.1, 0.15) is 0 Å².